The summed E-state index contributed by atoms with van der Waals surface area (Å²) in [5.74, 6) is -1.08. The highest BCUT2D eigenvalue weighted by Gasteiger charge is 2.39. The Kier molecular flexibility index (Phi) is 6.38. The van der Waals surface area contributed by atoms with Crippen LogP contribution in [0.15, 0.2) is 24.3 Å². The highest BCUT2D eigenvalue weighted by molar-refractivity contribution is 5.87. The van der Waals surface area contributed by atoms with Crippen LogP contribution in [0.25, 0.3) is 0 Å². The number of benzene rings is 1. The molecule has 3 N–H and O–H groups in total. The van der Waals surface area contributed by atoms with Gasteiger partial charge in [0.15, 0.2) is 6.10 Å². The number of halogens is 3. The van der Waals surface area contributed by atoms with Crippen molar-refractivity contribution in [1.29, 1.82) is 0 Å². The van der Waals surface area contributed by atoms with E-state index in [1.807, 2.05) is 0 Å². The number of carboxylic acids is 1. The average Bonchev–Trinajstić information content (AvgIpc) is 2.49. The van der Waals surface area contributed by atoms with E-state index in [4.69, 9.17) is 10.2 Å². The summed E-state index contributed by atoms with van der Waals surface area (Å²) in [6.07, 6.45) is -7.40. The Morgan fingerprint density at radius 1 is 1.26 bits per heavy atom. The molecular formula is C14H17F3N2O4. The summed E-state index contributed by atoms with van der Waals surface area (Å²) in [7, 11) is 0. The predicted octanol–water partition coefficient (Wildman–Crippen LogP) is 1.84. The van der Waals surface area contributed by atoms with Crippen molar-refractivity contribution in [3.63, 3.8) is 0 Å². The molecule has 0 aliphatic rings. The van der Waals surface area contributed by atoms with Gasteiger partial charge >= 0.3 is 18.2 Å². The van der Waals surface area contributed by atoms with Gasteiger partial charge in [0.25, 0.3) is 0 Å². The van der Waals surface area contributed by atoms with Gasteiger partial charge in [0.1, 0.15) is 0 Å². The van der Waals surface area contributed by atoms with Crippen molar-refractivity contribution in [1.82, 2.24) is 10.2 Å². The summed E-state index contributed by atoms with van der Waals surface area (Å²) in [4.78, 5) is 23.4. The first-order chi connectivity index (χ1) is 10.6. The van der Waals surface area contributed by atoms with Crippen molar-refractivity contribution in [3.8, 4) is 0 Å². The summed E-state index contributed by atoms with van der Waals surface area (Å²) in [6, 6.07) is 4.94. The molecule has 23 heavy (non-hydrogen) atoms. The van der Waals surface area contributed by atoms with Crippen LogP contribution in [0.1, 0.15) is 22.8 Å². The molecule has 0 saturated carbocycles. The van der Waals surface area contributed by atoms with Crippen LogP contribution in [0.2, 0.25) is 0 Å². The van der Waals surface area contributed by atoms with Gasteiger partial charge in [0, 0.05) is 13.1 Å². The van der Waals surface area contributed by atoms with E-state index in [0.717, 1.165) is 4.90 Å². The Hall–Kier alpha value is -2.29. The normalized spacial score (nSPS) is 12.6. The predicted molar refractivity (Wildman–Crippen MR) is 74.9 cm³/mol. The van der Waals surface area contributed by atoms with Crippen LogP contribution in [0.4, 0.5) is 18.0 Å². The molecule has 0 saturated heterocycles. The van der Waals surface area contributed by atoms with Gasteiger partial charge in [-0.25, -0.2) is 9.59 Å². The number of carboxylic acid groups (broad SMARTS) is 1. The van der Waals surface area contributed by atoms with Gasteiger partial charge in [-0.1, -0.05) is 12.1 Å². The minimum absolute atomic E-state index is 0.00305. The second-order valence-electron chi connectivity index (χ2n) is 4.76. The smallest absolute Gasteiger partial charge is 0.416 e. The zero-order chi connectivity index (χ0) is 17.6. The Morgan fingerprint density at radius 2 is 1.83 bits per heavy atom. The molecule has 1 aromatic rings. The van der Waals surface area contributed by atoms with Crippen molar-refractivity contribution in [2.24, 2.45) is 0 Å². The monoisotopic (exact) mass is 334 g/mol. The molecule has 0 radical (unpaired) electrons. The van der Waals surface area contributed by atoms with E-state index in [1.54, 1.807) is 0 Å². The Balaban J connectivity index is 2.58. The zero-order valence-electron chi connectivity index (χ0n) is 12.3. The van der Waals surface area contributed by atoms with E-state index in [-0.39, 0.29) is 18.7 Å². The molecule has 9 heteroatoms. The number of likely N-dealkylation sites (N-methyl/N-ethyl adjacent to an activating group) is 1. The van der Waals surface area contributed by atoms with Crippen molar-refractivity contribution >= 4 is 12.0 Å². The lowest BCUT2D eigenvalue weighted by molar-refractivity contribution is -0.206. The molecule has 1 aromatic carbocycles. The lowest BCUT2D eigenvalue weighted by Gasteiger charge is -2.25. The summed E-state index contributed by atoms with van der Waals surface area (Å²) < 4.78 is 36.9. The molecule has 2 amide bonds. The van der Waals surface area contributed by atoms with Crippen LogP contribution in [0.5, 0.6) is 0 Å². The van der Waals surface area contributed by atoms with E-state index < -0.39 is 30.8 Å². The second-order valence-corrected chi connectivity index (χ2v) is 4.76. The molecule has 0 bridgehead atoms. The second kappa shape index (κ2) is 7.82. The van der Waals surface area contributed by atoms with E-state index in [9.17, 15) is 22.8 Å². The summed E-state index contributed by atoms with van der Waals surface area (Å²) in [6.45, 7) is 0.655. The highest BCUT2D eigenvalue weighted by Crippen LogP contribution is 2.20. The minimum Gasteiger partial charge on any atom is -0.478 e. The number of nitrogens with zero attached hydrogens (tertiary/aromatic N) is 1. The molecular weight excluding hydrogens is 317 g/mol. The van der Waals surface area contributed by atoms with Crippen molar-refractivity contribution in [2.45, 2.75) is 25.7 Å². The third-order valence-electron chi connectivity index (χ3n) is 3.08. The van der Waals surface area contributed by atoms with Crippen LogP contribution >= 0.6 is 0 Å². The molecule has 1 atom stereocenters. The van der Waals surface area contributed by atoms with Gasteiger partial charge in [-0.05, 0) is 24.6 Å². The molecule has 0 spiro atoms. The van der Waals surface area contributed by atoms with E-state index in [1.165, 1.54) is 31.2 Å². The number of aliphatic hydroxyl groups is 1. The fourth-order valence-electron chi connectivity index (χ4n) is 1.72. The van der Waals surface area contributed by atoms with Crippen LogP contribution in [0, 0.1) is 0 Å². The van der Waals surface area contributed by atoms with Crippen LogP contribution in [-0.4, -0.2) is 52.5 Å². The van der Waals surface area contributed by atoms with Crippen molar-refractivity contribution in [2.75, 3.05) is 13.1 Å². The number of aliphatic hydroxyl groups excluding tert-OH is 1. The average molecular weight is 334 g/mol. The number of rotatable bonds is 6. The third-order valence-corrected chi connectivity index (χ3v) is 3.08. The van der Waals surface area contributed by atoms with Gasteiger partial charge in [-0.3, -0.25) is 0 Å². The van der Waals surface area contributed by atoms with E-state index >= 15 is 0 Å². The number of aromatic carboxylic acids is 1. The molecule has 0 aromatic heterocycles. The number of hydrogen-bond donors (Lipinski definition) is 3. The molecule has 128 valence electrons. The summed E-state index contributed by atoms with van der Waals surface area (Å²) >= 11 is 0. The standard InChI is InChI=1S/C14H17F3N2O4/c1-2-19(8-11(20)14(15,16)17)13(23)18-7-9-3-5-10(6-4-9)12(21)22/h3-6,11,20H,2,7-8H2,1H3,(H,18,23)(H,21,22). The molecule has 0 heterocycles. The topological polar surface area (TPSA) is 89.9 Å². The number of hydrogen-bond acceptors (Lipinski definition) is 3. The number of amides is 2. The van der Waals surface area contributed by atoms with Gasteiger partial charge in [-0.2, -0.15) is 13.2 Å². The first-order valence-electron chi connectivity index (χ1n) is 6.75. The number of nitrogens with one attached hydrogen (secondary N) is 1. The summed E-state index contributed by atoms with van der Waals surface area (Å²) in [5.41, 5.74) is 0.680. The van der Waals surface area contributed by atoms with Crippen LogP contribution < -0.4 is 5.32 Å². The van der Waals surface area contributed by atoms with Gasteiger partial charge in [0.2, 0.25) is 0 Å². The largest absolute Gasteiger partial charge is 0.478 e. The fourth-order valence-corrected chi connectivity index (χ4v) is 1.72. The number of urea groups is 1. The maximum Gasteiger partial charge on any atom is 0.416 e. The molecule has 0 fully saturated rings. The highest BCUT2D eigenvalue weighted by atomic mass is 19.4. The lowest BCUT2D eigenvalue weighted by atomic mass is 10.1. The first kappa shape index (κ1) is 18.8. The first-order valence-corrected chi connectivity index (χ1v) is 6.75. The van der Waals surface area contributed by atoms with Gasteiger partial charge in [-0.15, -0.1) is 0 Å². The van der Waals surface area contributed by atoms with Crippen LogP contribution in [0.3, 0.4) is 0 Å². The molecule has 1 unspecified atom stereocenters. The number of carbonyl (C=O) groups is 2. The molecule has 1 rings (SSSR count). The van der Waals surface area contributed by atoms with Gasteiger partial charge < -0.3 is 20.4 Å². The Labute approximate surface area is 130 Å². The van der Waals surface area contributed by atoms with E-state index in [0.29, 0.717) is 5.56 Å². The molecule has 0 aliphatic carbocycles. The molecule has 6 nitrogen and oxygen atoms in total. The number of carbonyl (C=O) groups excluding carboxylic acids is 1. The molecule has 0 aliphatic heterocycles. The SMILES string of the molecule is CCN(CC(O)C(F)(F)F)C(=O)NCc1ccc(C(=O)O)cc1. The Morgan fingerprint density at radius 3 is 2.26 bits per heavy atom. The van der Waals surface area contributed by atoms with Crippen LogP contribution in [-0.2, 0) is 6.54 Å². The van der Waals surface area contributed by atoms with E-state index in [2.05, 4.69) is 5.32 Å². The zero-order valence-corrected chi connectivity index (χ0v) is 12.3. The third kappa shape index (κ3) is 5.78. The number of alkyl halides is 3. The quantitative estimate of drug-likeness (QED) is 0.740. The maximum atomic E-state index is 12.3. The van der Waals surface area contributed by atoms with Crippen molar-refractivity contribution in [3.05, 3.63) is 35.4 Å². The summed E-state index contributed by atoms with van der Waals surface area (Å²) in [5, 5.41) is 20.2. The minimum atomic E-state index is -4.79. The maximum absolute atomic E-state index is 12.3. The van der Waals surface area contributed by atoms with Gasteiger partial charge in [0.05, 0.1) is 12.1 Å². The lowest BCUT2D eigenvalue weighted by Crippen LogP contribution is -2.47. The fraction of sp³-hybridized carbons (Fsp3) is 0.429. The Bertz CT molecular complexity index is 546. The van der Waals surface area contributed by atoms with Crippen molar-refractivity contribution < 1.29 is 33.0 Å².